The van der Waals surface area contributed by atoms with Crippen molar-refractivity contribution in [3.05, 3.63) is 10.5 Å². The Morgan fingerprint density at radius 2 is 2.00 bits per heavy atom. The summed E-state index contributed by atoms with van der Waals surface area (Å²) in [6.07, 6.45) is 2.15. The molecule has 0 aliphatic heterocycles. The standard InChI is InChI=1S/C10H19Cl2OP/c1-5-6-7-13-10(11)9(4)14(12)8(2)3/h8H,5-7H2,1-4H3/b10-9-. The molecular formula is C10H19Cl2OP. The molecule has 0 N–H and O–H groups in total. The lowest BCUT2D eigenvalue weighted by Gasteiger charge is -2.16. The molecule has 0 aromatic rings. The lowest BCUT2D eigenvalue weighted by atomic mass is 10.4. The molecule has 0 amide bonds. The van der Waals surface area contributed by atoms with Crippen LogP contribution in [0, 0.1) is 0 Å². The molecule has 0 saturated carbocycles. The third-order valence-electron chi connectivity index (χ3n) is 1.78. The largest absolute Gasteiger partial charge is 0.483 e. The van der Waals surface area contributed by atoms with Crippen LogP contribution in [-0.4, -0.2) is 12.3 Å². The zero-order chi connectivity index (χ0) is 11.1. The molecule has 0 heterocycles. The fourth-order valence-corrected chi connectivity index (χ4v) is 2.60. The third kappa shape index (κ3) is 5.44. The summed E-state index contributed by atoms with van der Waals surface area (Å²) in [5, 5.41) is 1.49. The van der Waals surface area contributed by atoms with E-state index in [1.54, 1.807) is 0 Å². The Morgan fingerprint density at radius 3 is 2.43 bits per heavy atom. The Hall–Kier alpha value is 0.550. The number of hydrogen-bond acceptors (Lipinski definition) is 1. The van der Waals surface area contributed by atoms with Gasteiger partial charge in [0.05, 0.1) is 6.61 Å². The Labute approximate surface area is 98.3 Å². The van der Waals surface area contributed by atoms with Crippen LogP contribution < -0.4 is 0 Å². The van der Waals surface area contributed by atoms with Gasteiger partial charge in [0.25, 0.3) is 0 Å². The van der Waals surface area contributed by atoms with Gasteiger partial charge in [-0.1, -0.05) is 38.4 Å². The summed E-state index contributed by atoms with van der Waals surface area (Å²) in [5.74, 6) is 0. The number of unbranched alkanes of at least 4 members (excludes halogenated alkanes) is 1. The number of allylic oxidation sites excluding steroid dienone is 1. The van der Waals surface area contributed by atoms with Gasteiger partial charge >= 0.3 is 0 Å². The lowest BCUT2D eigenvalue weighted by Crippen LogP contribution is -1.95. The van der Waals surface area contributed by atoms with Crippen LogP contribution in [-0.2, 0) is 4.74 Å². The van der Waals surface area contributed by atoms with Crippen LogP contribution in [0.1, 0.15) is 40.5 Å². The van der Waals surface area contributed by atoms with E-state index in [2.05, 4.69) is 20.8 Å². The van der Waals surface area contributed by atoms with E-state index < -0.39 is 7.27 Å². The first kappa shape index (κ1) is 14.6. The first-order valence-corrected chi connectivity index (χ1v) is 7.64. The molecule has 1 atom stereocenters. The molecule has 0 spiro atoms. The van der Waals surface area contributed by atoms with Gasteiger partial charge in [0.1, 0.15) is 0 Å². The van der Waals surface area contributed by atoms with Crippen molar-refractivity contribution in [1.29, 1.82) is 0 Å². The SMILES string of the molecule is CCCCO/C(Cl)=C(/C)P(Cl)C(C)C. The highest BCUT2D eigenvalue weighted by Gasteiger charge is 2.15. The number of halogens is 2. The summed E-state index contributed by atoms with van der Waals surface area (Å²) < 4.78 is 5.39. The maximum atomic E-state index is 6.22. The van der Waals surface area contributed by atoms with Crippen LogP contribution in [0.2, 0.25) is 0 Å². The average Bonchev–Trinajstić information content (AvgIpc) is 2.15. The van der Waals surface area contributed by atoms with E-state index in [0.717, 1.165) is 18.2 Å². The Balaban J connectivity index is 4.13. The first-order chi connectivity index (χ1) is 6.50. The van der Waals surface area contributed by atoms with E-state index in [4.69, 9.17) is 27.6 Å². The molecule has 14 heavy (non-hydrogen) atoms. The molecule has 0 radical (unpaired) electrons. The fraction of sp³-hybridized carbons (Fsp3) is 0.800. The van der Waals surface area contributed by atoms with E-state index in [1.807, 2.05) is 6.92 Å². The first-order valence-electron chi connectivity index (χ1n) is 4.94. The molecule has 0 bridgehead atoms. The summed E-state index contributed by atoms with van der Waals surface area (Å²) in [5.41, 5.74) is 0.440. The van der Waals surface area contributed by atoms with E-state index >= 15 is 0 Å². The highest BCUT2D eigenvalue weighted by molar-refractivity contribution is 7.87. The van der Waals surface area contributed by atoms with Gasteiger partial charge in [-0.15, -0.1) is 0 Å². The maximum Gasteiger partial charge on any atom is 0.191 e. The maximum absolute atomic E-state index is 6.22. The van der Waals surface area contributed by atoms with Gasteiger partial charge in [0, 0.05) is 12.6 Å². The zero-order valence-electron chi connectivity index (χ0n) is 9.31. The van der Waals surface area contributed by atoms with Crippen molar-refractivity contribution < 1.29 is 4.74 Å². The van der Waals surface area contributed by atoms with E-state index in [9.17, 15) is 0 Å². The quantitative estimate of drug-likeness (QED) is 0.357. The number of rotatable bonds is 6. The lowest BCUT2D eigenvalue weighted by molar-refractivity contribution is 0.229. The summed E-state index contributed by atoms with van der Waals surface area (Å²) >= 11 is 12.2. The van der Waals surface area contributed by atoms with Crippen LogP contribution in [0.25, 0.3) is 0 Å². The highest BCUT2D eigenvalue weighted by Crippen LogP contribution is 2.55. The van der Waals surface area contributed by atoms with E-state index in [0.29, 0.717) is 17.5 Å². The van der Waals surface area contributed by atoms with Crippen molar-refractivity contribution >= 4 is 30.1 Å². The monoisotopic (exact) mass is 256 g/mol. The van der Waals surface area contributed by atoms with Crippen LogP contribution in [0.15, 0.2) is 10.5 Å². The predicted octanol–water partition coefficient (Wildman–Crippen LogP) is 5.28. The minimum absolute atomic E-state index is 0.440. The van der Waals surface area contributed by atoms with Crippen LogP contribution in [0.3, 0.4) is 0 Å². The van der Waals surface area contributed by atoms with Crippen molar-refractivity contribution in [1.82, 2.24) is 0 Å². The van der Waals surface area contributed by atoms with E-state index in [1.165, 1.54) is 0 Å². The molecule has 0 aliphatic carbocycles. The number of ether oxygens (including phenoxy) is 1. The molecule has 1 unspecified atom stereocenters. The Bertz CT molecular complexity index is 193. The molecule has 0 aliphatic rings. The summed E-state index contributed by atoms with van der Waals surface area (Å²) in [7, 11) is -0.666. The van der Waals surface area contributed by atoms with Gasteiger partial charge in [-0.3, -0.25) is 0 Å². The second-order valence-corrected chi connectivity index (χ2v) is 7.23. The smallest absolute Gasteiger partial charge is 0.191 e. The van der Waals surface area contributed by atoms with Gasteiger partial charge in [-0.25, -0.2) is 0 Å². The molecular weight excluding hydrogens is 238 g/mol. The third-order valence-corrected chi connectivity index (χ3v) is 5.99. The van der Waals surface area contributed by atoms with Gasteiger partial charge in [-0.05, 0) is 30.6 Å². The van der Waals surface area contributed by atoms with Gasteiger partial charge in [0.15, 0.2) is 5.22 Å². The summed E-state index contributed by atoms with van der Waals surface area (Å²) in [6.45, 7) is 8.95. The molecule has 1 nitrogen and oxygen atoms in total. The minimum Gasteiger partial charge on any atom is -0.483 e. The van der Waals surface area contributed by atoms with Gasteiger partial charge < -0.3 is 4.74 Å². The van der Waals surface area contributed by atoms with Gasteiger partial charge in [0.2, 0.25) is 0 Å². The second-order valence-electron chi connectivity index (χ2n) is 3.47. The second kappa shape index (κ2) is 7.79. The number of hydrogen-bond donors (Lipinski definition) is 0. The molecule has 84 valence electrons. The van der Waals surface area contributed by atoms with Crippen molar-refractivity contribution in [2.45, 2.75) is 46.2 Å². The highest BCUT2D eigenvalue weighted by atomic mass is 35.7. The van der Waals surface area contributed by atoms with Crippen molar-refractivity contribution in [3.63, 3.8) is 0 Å². The van der Waals surface area contributed by atoms with E-state index in [-0.39, 0.29) is 0 Å². The van der Waals surface area contributed by atoms with Gasteiger partial charge in [-0.2, -0.15) is 0 Å². The van der Waals surface area contributed by atoms with Crippen molar-refractivity contribution in [3.8, 4) is 0 Å². The zero-order valence-corrected chi connectivity index (χ0v) is 11.7. The molecule has 0 fully saturated rings. The molecule has 0 aromatic carbocycles. The topological polar surface area (TPSA) is 9.23 Å². The average molecular weight is 257 g/mol. The normalized spacial score (nSPS) is 15.4. The van der Waals surface area contributed by atoms with Crippen molar-refractivity contribution in [2.24, 2.45) is 0 Å². The fourth-order valence-electron chi connectivity index (χ4n) is 0.882. The predicted molar refractivity (Wildman–Crippen MR) is 67.3 cm³/mol. The summed E-state index contributed by atoms with van der Waals surface area (Å²) in [6, 6.07) is 0. The molecule has 0 aromatic heterocycles. The molecule has 0 saturated heterocycles. The molecule has 0 rings (SSSR count). The van der Waals surface area contributed by atoms with Crippen LogP contribution in [0.4, 0.5) is 0 Å². The Morgan fingerprint density at radius 1 is 1.43 bits per heavy atom. The Kier molecular flexibility index (Phi) is 8.10. The molecule has 4 heteroatoms. The van der Waals surface area contributed by atoms with Crippen LogP contribution >= 0.6 is 30.1 Å². The summed E-state index contributed by atoms with van der Waals surface area (Å²) in [4.78, 5) is 0. The van der Waals surface area contributed by atoms with Crippen LogP contribution in [0.5, 0.6) is 0 Å². The van der Waals surface area contributed by atoms with Crippen molar-refractivity contribution in [2.75, 3.05) is 6.61 Å². The minimum atomic E-state index is -0.666.